The quantitative estimate of drug-likeness (QED) is 0.648. The van der Waals surface area contributed by atoms with E-state index in [0.29, 0.717) is 22.9 Å². The molecule has 3 aromatic carbocycles. The van der Waals surface area contributed by atoms with Crippen LogP contribution in [0.15, 0.2) is 60.7 Å². The molecule has 0 bridgehead atoms. The second-order valence-corrected chi connectivity index (χ2v) is 6.25. The van der Waals surface area contributed by atoms with Crippen molar-refractivity contribution in [2.24, 2.45) is 0 Å². The van der Waals surface area contributed by atoms with Crippen LogP contribution in [-0.4, -0.2) is 11.8 Å². The van der Waals surface area contributed by atoms with Gasteiger partial charge in [-0.3, -0.25) is 9.59 Å². The van der Waals surface area contributed by atoms with Gasteiger partial charge in [-0.2, -0.15) is 0 Å². The van der Waals surface area contributed by atoms with Gasteiger partial charge in [0.2, 0.25) is 0 Å². The van der Waals surface area contributed by atoms with Gasteiger partial charge in [-0.15, -0.1) is 0 Å². The predicted molar refractivity (Wildman–Crippen MR) is 100 cm³/mol. The molecule has 0 saturated heterocycles. The van der Waals surface area contributed by atoms with E-state index in [0.717, 1.165) is 12.1 Å². The average molecular weight is 383 g/mol. The van der Waals surface area contributed by atoms with Crippen LogP contribution in [0.3, 0.4) is 0 Å². The molecule has 0 aromatic heterocycles. The maximum atomic E-state index is 13.1. The Morgan fingerprint density at radius 2 is 1.85 bits per heavy atom. The smallest absolute Gasteiger partial charge is 0.259 e. The van der Waals surface area contributed by atoms with E-state index in [1.807, 2.05) is 0 Å². The van der Waals surface area contributed by atoms with Crippen molar-refractivity contribution in [2.75, 3.05) is 10.6 Å². The number of hydrogen-bond acceptors (Lipinski definition) is 3. The highest BCUT2D eigenvalue weighted by Crippen LogP contribution is 2.36. The Labute approximate surface area is 158 Å². The lowest BCUT2D eigenvalue weighted by molar-refractivity contribution is 0.101. The standard InChI is InChI=1S/C20H12ClFN2O3/c21-15-9-11(22)5-7-13(15)19(25)23-12-6-8-17-14(10-12)20(26)24-16-3-1-2-4-18(16)27-17/h1-10H,(H,23,25)(H,24,26). The highest BCUT2D eigenvalue weighted by Gasteiger charge is 2.21. The first-order valence-corrected chi connectivity index (χ1v) is 8.38. The van der Waals surface area contributed by atoms with E-state index < -0.39 is 11.7 Å². The zero-order chi connectivity index (χ0) is 19.0. The monoisotopic (exact) mass is 382 g/mol. The molecule has 5 nitrogen and oxygen atoms in total. The number of benzene rings is 3. The van der Waals surface area contributed by atoms with Gasteiger partial charge in [0.1, 0.15) is 11.6 Å². The molecule has 27 heavy (non-hydrogen) atoms. The third kappa shape index (κ3) is 3.35. The van der Waals surface area contributed by atoms with Gasteiger partial charge in [0.15, 0.2) is 5.75 Å². The topological polar surface area (TPSA) is 67.4 Å². The number of carbonyl (C=O) groups excluding carboxylic acids is 2. The number of hydrogen-bond donors (Lipinski definition) is 2. The van der Waals surface area contributed by atoms with Gasteiger partial charge < -0.3 is 15.4 Å². The molecule has 0 radical (unpaired) electrons. The predicted octanol–water partition coefficient (Wildman–Crippen LogP) is 5.09. The Morgan fingerprint density at radius 3 is 2.67 bits per heavy atom. The summed E-state index contributed by atoms with van der Waals surface area (Å²) in [6.45, 7) is 0. The van der Waals surface area contributed by atoms with Crippen molar-refractivity contribution in [3.8, 4) is 11.5 Å². The number of rotatable bonds is 2. The second-order valence-electron chi connectivity index (χ2n) is 5.84. The van der Waals surface area contributed by atoms with Gasteiger partial charge in [0.05, 0.1) is 21.8 Å². The summed E-state index contributed by atoms with van der Waals surface area (Å²) < 4.78 is 18.9. The summed E-state index contributed by atoms with van der Waals surface area (Å²) in [7, 11) is 0. The molecule has 134 valence electrons. The van der Waals surface area contributed by atoms with E-state index in [2.05, 4.69) is 10.6 Å². The van der Waals surface area contributed by atoms with Crippen molar-refractivity contribution in [1.29, 1.82) is 0 Å². The van der Waals surface area contributed by atoms with Gasteiger partial charge in [-0.25, -0.2) is 4.39 Å². The third-order valence-corrected chi connectivity index (χ3v) is 4.33. The maximum absolute atomic E-state index is 13.1. The van der Waals surface area contributed by atoms with Gasteiger partial charge in [-0.1, -0.05) is 23.7 Å². The van der Waals surface area contributed by atoms with Crippen molar-refractivity contribution < 1.29 is 18.7 Å². The molecular weight excluding hydrogens is 371 g/mol. The van der Waals surface area contributed by atoms with E-state index in [1.165, 1.54) is 12.1 Å². The number of anilines is 2. The Bertz CT molecular complexity index is 1080. The Hall–Kier alpha value is -3.38. The zero-order valence-corrected chi connectivity index (χ0v) is 14.5. The fourth-order valence-electron chi connectivity index (χ4n) is 2.71. The first-order chi connectivity index (χ1) is 13.0. The summed E-state index contributed by atoms with van der Waals surface area (Å²) >= 11 is 5.92. The number of para-hydroxylation sites is 2. The van der Waals surface area contributed by atoms with Crippen molar-refractivity contribution >= 4 is 34.8 Å². The zero-order valence-electron chi connectivity index (χ0n) is 13.8. The number of carbonyl (C=O) groups is 2. The van der Waals surface area contributed by atoms with E-state index >= 15 is 0 Å². The van der Waals surface area contributed by atoms with Crippen LogP contribution in [0.25, 0.3) is 0 Å². The fourth-order valence-corrected chi connectivity index (χ4v) is 2.97. The highest BCUT2D eigenvalue weighted by molar-refractivity contribution is 6.34. The molecule has 3 aromatic rings. The normalized spacial score (nSPS) is 12.1. The number of halogens is 2. The number of nitrogens with one attached hydrogen (secondary N) is 2. The minimum atomic E-state index is -0.532. The SMILES string of the molecule is O=C(Nc1ccc2c(c1)C(=O)Nc1ccccc1O2)c1ccc(F)cc1Cl. The largest absolute Gasteiger partial charge is 0.454 e. The molecular formula is C20H12ClFN2O3. The van der Waals surface area contributed by atoms with Crippen LogP contribution in [0.1, 0.15) is 20.7 Å². The summed E-state index contributed by atoms with van der Waals surface area (Å²) in [5.74, 6) is -0.506. The second kappa shape index (κ2) is 6.74. The van der Waals surface area contributed by atoms with Crippen LogP contribution in [0, 0.1) is 5.82 Å². The number of amides is 2. The van der Waals surface area contributed by atoms with Crippen LogP contribution in [0.5, 0.6) is 11.5 Å². The number of ether oxygens (including phenoxy) is 1. The molecule has 1 aliphatic heterocycles. The maximum Gasteiger partial charge on any atom is 0.259 e. The van der Waals surface area contributed by atoms with E-state index in [-0.39, 0.29) is 22.1 Å². The van der Waals surface area contributed by atoms with Crippen LogP contribution < -0.4 is 15.4 Å². The summed E-state index contributed by atoms with van der Waals surface area (Å²) in [4.78, 5) is 24.9. The molecule has 1 aliphatic rings. The van der Waals surface area contributed by atoms with Crippen LogP contribution >= 0.6 is 11.6 Å². The van der Waals surface area contributed by atoms with Gasteiger partial charge in [0.25, 0.3) is 11.8 Å². The van der Waals surface area contributed by atoms with Crippen LogP contribution in [0.4, 0.5) is 15.8 Å². The lowest BCUT2D eigenvalue weighted by atomic mass is 10.1. The van der Waals surface area contributed by atoms with Crippen molar-refractivity contribution in [2.45, 2.75) is 0 Å². The third-order valence-electron chi connectivity index (χ3n) is 4.01. The summed E-state index contributed by atoms with van der Waals surface area (Å²) in [5.41, 5.74) is 1.33. The summed E-state index contributed by atoms with van der Waals surface area (Å²) in [6, 6.07) is 15.3. The first-order valence-electron chi connectivity index (χ1n) is 8.00. The van der Waals surface area contributed by atoms with E-state index in [1.54, 1.807) is 36.4 Å². The van der Waals surface area contributed by atoms with Gasteiger partial charge in [-0.05, 0) is 48.5 Å². The van der Waals surface area contributed by atoms with Crippen LogP contribution in [-0.2, 0) is 0 Å². The lowest BCUT2D eigenvalue weighted by Gasteiger charge is -2.10. The highest BCUT2D eigenvalue weighted by atomic mass is 35.5. The average Bonchev–Trinajstić information content (AvgIpc) is 2.77. The minimum absolute atomic E-state index is 0.00112. The minimum Gasteiger partial charge on any atom is -0.454 e. The van der Waals surface area contributed by atoms with Gasteiger partial charge >= 0.3 is 0 Å². The Balaban J connectivity index is 1.63. The lowest BCUT2D eigenvalue weighted by Crippen LogP contribution is -2.14. The van der Waals surface area contributed by atoms with E-state index in [4.69, 9.17) is 16.3 Å². The summed E-state index contributed by atoms with van der Waals surface area (Å²) in [5, 5.41) is 5.41. The molecule has 2 amide bonds. The Kier molecular flexibility index (Phi) is 4.25. The van der Waals surface area contributed by atoms with Crippen molar-refractivity contribution in [3.63, 3.8) is 0 Å². The van der Waals surface area contributed by atoms with Crippen molar-refractivity contribution in [1.82, 2.24) is 0 Å². The molecule has 0 saturated carbocycles. The number of fused-ring (bicyclic) bond motifs is 2. The van der Waals surface area contributed by atoms with Crippen LogP contribution in [0.2, 0.25) is 5.02 Å². The molecule has 0 unspecified atom stereocenters. The molecule has 0 spiro atoms. The molecule has 4 rings (SSSR count). The molecule has 7 heteroatoms. The molecule has 1 heterocycles. The molecule has 0 atom stereocenters. The first kappa shape index (κ1) is 17.1. The molecule has 2 N–H and O–H groups in total. The Morgan fingerprint density at radius 1 is 1.04 bits per heavy atom. The van der Waals surface area contributed by atoms with E-state index in [9.17, 15) is 14.0 Å². The van der Waals surface area contributed by atoms with Crippen molar-refractivity contribution in [3.05, 3.63) is 82.6 Å². The van der Waals surface area contributed by atoms with Gasteiger partial charge in [0, 0.05) is 5.69 Å². The summed E-state index contributed by atoms with van der Waals surface area (Å²) in [6.07, 6.45) is 0. The molecule has 0 fully saturated rings. The fraction of sp³-hybridized carbons (Fsp3) is 0. The molecule has 0 aliphatic carbocycles.